The molecule has 1 aliphatic carbocycles. The summed E-state index contributed by atoms with van der Waals surface area (Å²) in [5.41, 5.74) is 0.550. The second-order valence-electron chi connectivity index (χ2n) is 7.76. The highest BCUT2D eigenvalue weighted by Gasteiger charge is 2.25. The van der Waals surface area contributed by atoms with Crippen molar-refractivity contribution in [2.24, 2.45) is 10.3 Å². The van der Waals surface area contributed by atoms with Gasteiger partial charge in [0.2, 0.25) is 5.91 Å². The minimum absolute atomic E-state index is 0.00488. The molecule has 1 fully saturated rings. The van der Waals surface area contributed by atoms with Gasteiger partial charge in [-0.25, -0.2) is 0 Å². The Kier molecular flexibility index (Phi) is 6.52. The van der Waals surface area contributed by atoms with Gasteiger partial charge in [0.25, 0.3) is 10.0 Å². The van der Waals surface area contributed by atoms with Crippen molar-refractivity contribution in [1.82, 2.24) is 5.32 Å². The monoisotopic (exact) mass is 391 g/mol. The van der Waals surface area contributed by atoms with Gasteiger partial charge in [0.15, 0.2) is 0 Å². The van der Waals surface area contributed by atoms with Gasteiger partial charge in [-0.15, -0.1) is 4.40 Å². The van der Waals surface area contributed by atoms with Gasteiger partial charge in [-0.05, 0) is 30.9 Å². The molecule has 1 amide bonds. The van der Waals surface area contributed by atoms with E-state index in [4.69, 9.17) is 0 Å². The number of para-hydroxylation sites is 1. The second-order valence-corrected chi connectivity index (χ2v) is 9.33. The summed E-state index contributed by atoms with van der Waals surface area (Å²) in [7, 11) is -3.67. The molecule has 7 heteroatoms. The average molecular weight is 392 g/mol. The van der Waals surface area contributed by atoms with Crippen LogP contribution in [0.25, 0.3) is 0 Å². The number of rotatable bonds is 5. The Balaban J connectivity index is 1.54. The fraction of sp³-hybridized carbons (Fsp3) is 0.600. The van der Waals surface area contributed by atoms with Crippen LogP contribution in [0.3, 0.4) is 0 Å². The Hall–Kier alpha value is -1.89. The second kappa shape index (κ2) is 8.87. The summed E-state index contributed by atoms with van der Waals surface area (Å²) in [6.07, 6.45) is 9.08. The average Bonchev–Trinajstić information content (AvgIpc) is 2.56. The number of nitrogens with zero attached hydrogens (tertiary/aromatic N) is 1. The van der Waals surface area contributed by atoms with Gasteiger partial charge in [-0.3, -0.25) is 4.79 Å². The van der Waals surface area contributed by atoms with Crippen LogP contribution in [-0.4, -0.2) is 26.2 Å². The summed E-state index contributed by atoms with van der Waals surface area (Å²) >= 11 is 0. The van der Waals surface area contributed by atoms with Crippen LogP contribution in [0.4, 0.5) is 5.69 Å². The topological polar surface area (TPSA) is 87.6 Å². The number of carbonyl (C=O) groups is 1. The van der Waals surface area contributed by atoms with Gasteiger partial charge in [-0.1, -0.05) is 51.2 Å². The number of sulfonamides is 1. The smallest absolute Gasteiger partial charge is 0.286 e. The van der Waals surface area contributed by atoms with Crippen LogP contribution in [0.2, 0.25) is 0 Å². The fourth-order valence-electron chi connectivity index (χ4n) is 3.86. The van der Waals surface area contributed by atoms with Crippen LogP contribution in [0.5, 0.6) is 0 Å². The van der Waals surface area contributed by atoms with E-state index in [2.05, 4.69) is 15.0 Å². The molecule has 1 aromatic carbocycles. The first-order valence-electron chi connectivity index (χ1n) is 9.93. The van der Waals surface area contributed by atoms with Crippen LogP contribution in [0, 0.1) is 5.92 Å². The number of hydrogen-bond donors (Lipinski definition) is 2. The van der Waals surface area contributed by atoms with Crippen molar-refractivity contribution >= 4 is 27.5 Å². The molecule has 1 heterocycles. The molecule has 6 nitrogen and oxygen atoms in total. The Morgan fingerprint density at radius 1 is 1.19 bits per heavy atom. The Morgan fingerprint density at radius 2 is 1.85 bits per heavy atom. The lowest BCUT2D eigenvalue weighted by Crippen LogP contribution is -2.36. The van der Waals surface area contributed by atoms with E-state index in [-0.39, 0.29) is 22.8 Å². The van der Waals surface area contributed by atoms with E-state index in [0.29, 0.717) is 24.4 Å². The van der Waals surface area contributed by atoms with Crippen molar-refractivity contribution in [3.8, 4) is 0 Å². The zero-order valence-electron chi connectivity index (χ0n) is 15.9. The summed E-state index contributed by atoms with van der Waals surface area (Å²) in [5, 5.41) is 6.26. The summed E-state index contributed by atoms with van der Waals surface area (Å²) in [4.78, 5) is 12.6. The maximum absolute atomic E-state index is 12.4. The molecule has 1 unspecified atom stereocenters. The maximum atomic E-state index is 12.4. The van der Waals surface area contributed by atoms with Crippen LogP contribution in [0.15, 0.2) is 33.6 Å². The van der Waals surface area contributed by atoms with Crippen molar-refractivity contribution in [1.29, 1.82) is 0 Å². The molecule has 1 aliphatic heterocycles. The third kappa shape index (κ3) is 5.54. The first-order valence-corrected chi connectivity index (χ1v) is 11.4. The molecule has 27 heavy (non-hydrogen) atoms. The number of amides is 1. The van der Waals surface area contributed by atoms with E-state index in [9.17, 15) is 13.2 Å². The van der Waals surface area contributed by atoms with E-state index in [0.717, 1.165) is 12.8 Å². The number of benzene rings is 1. The van der Waals surface area contributed by atoms with E-state index < -0.39 is 10.0 Å². The molecule has 2 aliphatic rings. The van der Waals surface area contributed by atoms with Gasteiger partial charge >= 0.3 is 0 Å². The molecule has 0 spiro atoms. The van der Waals surface area contributed by atoms with Gasteiger partial charge in [0, 0.05) is 18.9 Å². The predicted molar refractivity (Wildman–Crippen MR) is 107 cm³/mol. The molecule has 1 saturated carbocycles. The maximum Gasteiger partial charge on any atom is 0.286 e. The van der Waals surface area contributed by atoms with E-state index >= 15 is 0 Å². The Morgan fingerprint density at radius 3 is 2.59 bits per heavy atom. The van der Waals surface area contributed by atoms with Crippen LogP contribution in [0.1, 0.15) is 64.7 Å². The zero-order chi connectivity index (χ0) is 19.3. The van der Waals surface area contributed by atoms with Crippen molar-refractivity contribution < 1.29 is 13.2 Å². The molecular formula is C20H29N3O3S. The predicted octanol–water partition coefficient (Wildman–Crippen LogP) is 3.84. The molecule has 0 aromatic heterocycles. The number of carbonyl (C=O) groups excluding carboxylic acids is 1. The largest absolute Gasteiger partial charge is 0.353 e. The summed E-state index contributed by atoms with van der Waals surface area (Å²) in [5.74, 6) is 0.456. The minimum Gasteiger partial charge on any atom is -0.353 e. The lowest BCUT2D eigenvalue weighted by Gasteiger charge is -2.23. The molecule has 3 rings (SSSR count). The molecule has 1 aromatic rings. The third-order valence-electron chi connectivity index (χ3n) is 5.22. The number of amidine groups is 1. The number of nitrogens with one attached hydrogen (secondary N) is 2. The van der Waals surface area contributed by atoms with Gasteiger partial charge in [0.05, 0.1) is 5.69 Å². The lowest BCUT2D eigenvalue weighted by molar-refractivity contribution is -0.122. The van der Waals surface area contributed by atoms with E-state index in [1.807, 2.05) is 6.92 Å². The normalized spacial score (nSPS) is 21.0. The van der Waals surface area contributed by atoms with Crippen molar-refractivity contribution in [2.75, 3.05) is 5.32 Å². The first kappa shape index (κ1) is 19.9. The molecule has 1 atom stereocenters. The van der Waals surface area contributed by atoms with Crippen molar-refractivity contribution in [3.63, 3.8) is 0 Å². The number of fused-ring (bicyclic) bond motifs is 1. The van der Waals surface area contributed by atoms with E-state index in [1.165, 1.54) is 32.1 Å². The number of anilines is 1. The van der Waals surface area contributed by atoms with Crippen LogP contribution in [-0.2, 0) is 14.8 Å². The van der Waals surface area contributed by atoms with Gasteiger partial charge in [-0.2, -0.15) is 8.42 Å². The molecule has 0 saturated heterocycles. The standard InChI is InChI=1S/C20H29N3O3S/c1-15(14-20(24)21-16-9-5-3-2-4-6-10-16)13-19-22-17-11-7-8-12-18(17)27(25,26)23-19/h7-8,11-12,15-16H,2-6,9-10,13-14H2,1H3,(H,21,24)(H,22,23). The molecule has 0 radical (unpaired) electrons. The highest BCUT2D eigenvalue weighted by molar-refractivity contribution is 7.90. The quantitative estimate of drug-likeness (QED) is 0.798. The SMILES string of the molecule is CC(CC(=O)NC1CCCCCCC1)CC1=NS(=O)(=O)c2ccccc2N1. The summed E-state index contributed by atoms with van der Waals surface area (Å²) in [6, 6.07) is 7.02. The fourth-order valence-corrected chi connectivity index (χ4v) is 5.02. The first-order chi connectivity index (χ1) is 12.9. The molecule has 0 bridgehead atoms. The van der Waals surface area contributed by atoms with Crippen LogP contribution < -0.4 is 10.6 Å². The summed E-state index contributed by atoms with van der Waals surface area (Å²) < 4.78 is 28.5. The minimum atomic E-state index is -3.67. The summed E-state index contributed by atoms with van der Waals surface area (Å²) in [6.45, 7) is 1.95. The van der Waals surface area contributed by atoms with Crippen molar-refractivity contribution in [3.05, 3.63) is 24.3 Å². The van der Waals surface area contributed by atoms with E-state index in [1.54, 1.807) is 24.3 Å². The molecular weight excluding hydrogens is 362 g/mol. The van der Waals surface area contributed by atoms with Gasteiger partial charge in [0.1, 0.15) is 10.7 Å². The molecule has 2 N–H and O–H groups in total. The molecule has 148 valence electrons. The lowest BCUT2D eigenvalue weighted by atomic mass is 9.96. The van der Waals surface area contributed by atoms with Crippen molar-refractivity contribution in [2.45, 2.75) is 75.6 Å². The highest BCUT2D eigenvalue weighted by Crippen LogP contribution is 2.28. The van der Waals surface area contributed by atoms with Gasteiger partial charge < -0.3 is 10.6 Å². The Bertz CT molecular complexity index is 796. The van der Waals surface area contributed by atoms with Crippen LogP contribution >= 0.6 is 0 Å². The Labute approximate surface area is 161 Å². The number of hydrogen-bond acceptors (Lipinski definition) is 4. The zero-order valence-corrected chi connectivity index (χ0v) is 16.7. The third-order valence-corrected chi connectivity index (χ3v) is 6.59. The highest BCUT2D eigenvalue weighted by atomic mass is 32.2.